The predicted molar refractivity (Wildman–Crippen MR) is 101 cm³/mol. The first-order chi connectivity index (χ1) is 12.2. The fourth-order valence-electron chi connectivity index (χ4n) is 2.43. The Bertz CT molecular complexity index is 894. The van der Waals surface area contributed by atoms with E-state index in [9.17, 15) is 13.2 Å². The van der Waals surface area contributed by atoms with Gasteiger partial charge in [0.25, 0.3) is 5.91 Å². The lowest BCUT2D eigenvalue weighted by molar-refractivity contribution is 0.0773. The van der Waals surface area contributed by atoms with Crippen LogP contribution in [0.25, 0.3) is 0 Å². The van der Waals surface area contributed by atoms with Gasteiger partial charge in [-0.05, 0) is 56.3 Å². The number of nitrogens with one attached hydrogen (secondary N) is 1. The number of hydrogen-bond donors (Lipinski definition) is 1. The third-order valence-corrected chi connectivity index (χ3v) is 5.46. The average Bonchev–Trinajstić information content (AvgIpc) is 2.61. The molecule has 0 heterocycles. The highest BCUT2D eigenvalue weighted by Crippen LogP contribution is 2.17. The van der Waals surface area contributed by atoms with Gasteiger partial charge in [-0.25, -0.2) is 13.1 Å². The Kier molecular flexibility index (Phi) is 6.39. The number of ether oxygens (including phenoxy) is 1. The molecule has 0 aliphatic heterocycles. The van der Waals surface area contributed by atoms with Crippen molar-refractivity contribution in [2.24, 2.45) is 0 Å². The molecule has 1 amide bonds. The Morgan fingerprint density at radius 2 is 1.88 bits per heavy atom. The minimum Gasteiger partial charge on any atom is -0.492 e. The number of rotatable bonds is 7. The van der Waals surface area contributed by atoms with E-state index < -0.39 is 10.0 Å². The van der Waals surface area contributed by atoms with E-state index in [2.05, 4.69) is 4.72 Å². The van der Waals surface area contributed by atoms with Crippen LogP contribution < -0.4 is 9.46 Å². The van der Waals surface area contributed by atoms with Gasteiger partial charge < -0.3 is 9.64 Å². The van der Waals surface area contributed by atoms with Crippen LogP contribution in [0.3, 0.4) is 0 Å². The van der Waals surface area contributed by atoms with Crippen LogP contribution in [-0.2, 0) is 10.0 Å². The van der Waals surface area contributed by atoms with E-state index in [-0.39, 0.29) is 10.8 Å². The monoisotopic (exact) mass is 376 g/mol. The van der Waals surface area contributed by atoms with Crippen LogP contribution in [0.1, 0.15) is 21.5 Å². The summed E-state index contributed by atoms with van der Waals surface area (Å²) >= 11 is 0. The summed E-state index contributed by atoms with van der Waals surface area (Å²) in [6, 6.07) is 12.2. The maximum atomic E-state index is 12.7. The first-order valence-electron chi connectivity index (χ1n) is 8.23. The molecule has 0 fully saturated rings. The van der Waals surface area contributed by atoms with Crippen LogP contribution >= 0.6 is 0 Å². The van der Waals surface area contributed by atoms with E-state index >= 15 is 0 Å². The lowest BCUT2D eigenvalue weighted by atomic mass is 10.1. The van der Waals surface area contributed by atoms with Gasteiger partial charge >= 0.3 is 0 Å². The zero-order valence-electron chi connectivity index (χ0n) is 15.4. The Balaban J connectivity index is 2.06. The number of carbonyl (C=O) groups excluding carboxylic acids is 1. The van der Waals surface area contributed by atoms with Crippen molar-refractivity contribution in [1.29, 1.82) is 0 Å². The second-order valence-electron chi connectivity index (χ2n) is 6.08. The number of benzene rings is 2. The molecule has 0 radical (unpaired) electrons. The summed E-state index contributed by atoms with van der Waals surface area (Å²) in [4.78, 5) is 14.3. The van der Waals surface area contributed by atoms with Gasteiger partial charge in [-0.2, -0.15) is 0 Å². The summed E-state index contributed by atoms with van der Waals surface area (Å²) in [6.07, 6.45) is 0. The SMILES string of the molecule is CNS(=O)(=O)c1ccc(C)c(C(=O)N(C)CCOc2cccc(C)c2)c1. The fourth-order valence-corrected chi connectivity index (χ4v) is 3.19. The molecule has 2 aromatic rings. The summed E-state index contributed by atoms with van der Waals surface area (Å²) < 4.78 is 31.8. The Hall–Kier alpha value is -2.38. The normalized spacial score (nSPS) is 11.2. The zero-order chi connectivity index (χ0) is 19.3. The molecule has 7 heteroatoms. The van der Waals surface area contributed by atoms with E-state index in [1.54, 1.807) is 20.0 Å². The summed E-state index contributed by atoms with van der Waals surface area (Å²) in [5.74, 6) is 0.507. The summed E-state index contributed by atoms with van der Waals surface area (Å²) in [7, 11) is -0.593. The Labute approximate surface area is 154 Å². The van der Waals surface area contributed by atoms with Gasteiger partial charge in [0.2, 0.25) is 10.0 Å². The van der Waals surface area contributed by atoms with Crippen molar-refractivity contribution in [1.82, 2.24) is 9.62 Å². The van der Waals surface area contributed by atoms with Crippen molar-refractivity contribution in [2.75, 3.05) is 27.2 Å². The predicted octanol–water partition coefficient (Wildman–Crippen LogP) is 2.36. The van der Waals surface area contributed by atoms with E-state index in [1.807, 2.05) is 31.2 Å². The molecule has 1 N–H and O–H groups in total. The van der Waals surface area contributed by atoms with Gasteiger partial charge in [0, 0.05) is 12.6 Å². The van der Waals surface area contributed by atoms with Gasteiger partial charge in [0.15, 0.2) is 0 Å². The number of likely N-dealkylation sites (N-methyl/N-ethyl adjacent to an activating group) is 1. The van der Waals surface area contributed by atoms with Crippen molar-refractivity contribution in [2.45, 2.75) is 18.7 Å². The number of hydrogen-bond acceptors (Lipinski definition) is 4. The third kappa shape index (κ3) is 4.83. The number of nitrogens with zero attached hydrogens (tertiary/aromatic N) is 1. The van der Waals surface area contributed by atoms with E-state index in [4.69, 9.17) is 4.74 Å². The molecule has 0 aromatic heterocycles. The molecule has 2 aromatic carbocycles. The minimum absolute atomic E-state index is 0.0679. The summed E-state index contributed by atoms with van der Waals surface area (Å²) in [5, 5.41) is 0. The lowest BCUT2D eigenvalue weighted by Crippen LogP contribution is -2.31. The smallest absolute Gasteiger partial charge is 0.254 e. The van der Waals surface area contributed by atoms with Crippen LogP contribution in [0.5, 0.6) is 5.75 Å². The van der Waals surface area contributed by atoms with Crippen molar-refractivity contribution in [3.8, 4) is 5.75 Å². The summed E-state index contributed by atoms with van der Waals surface area (Å²) in [6.45, 7) is 4.49. The van der Waals surface area contributed by atoms with Gasteiger partial charge in [-0.15, -0.1) is 0 Å². The average molecular weight is 376 g/mol. The highest BCUT2D eigenvalue weighted by molar-refractivity contribution is 7.89. The van der Waals surface area contributed by atoms with Crippen LogP contribution in [0, 0.1) is 13.8 Å². The van der Waals surface area contributed by atoms with Crippen LogP contribution in [0.2, 0.25) is 0 Å². The number of amides is 1. The maximum absolute atomic E-state index is 12.7. The van der Waals surface area contributed by atoms with Gasteiger partial charge in [-0.1, -0.05) is 18.2 Å². The second kappa shape index (κ2) is 8.33. The molecule has 0 saturated heterocycles. The molecule has 0 bridgehead atoms. The molecular weight excluding hydrogens is 352 g/mol. The van der Waals surface area contributed by atoms with E-state index in [0.717, 1.165) is 16.9 Å². The van der Waals surface area contributed by atoms with Crippen molar-refractivity contribution < 1.29 is 17.9 Å². The number of aryl methyl sites for hydroxylation is 2. The molecular formula is C19H24N2O4S. The van der Waals surface area contributed by atoms with Crippen LogP contribution in [-0.4, -0.2) is 46.5 Å². The fraction of sp³-hybridized carbons (Fsp3) is 0.316. The Morgan fingerprint density at radius 3 is 2.54 bits per heavy atom. The standard InChI is InChI=1S/C19H24N2O4S/c1-14-6-5-7-16(12-14)25-11-10-21(4)19(22)18-13-17(9-8-15(18)2)26(23,24)20-3/h5-9,12-13,20H,10-11H2,1-4H3. The van der Waals surface area contributed by atoms with Gasteiger partial charge in [-0.3, -0.25) is 4.79 Å². The van der Waals surface area contributed by atoms with E-state index in [1.165, 1.54) is 24.1 Å². The molecule has 2 rings (SSSR count). The lowest BCUT2D eigenvalue weighted by Gasteiger charge is -2.19. The molecule has 0 aliphatic rings. The van der Waals surface area contributed by atoms with Crippen LogP contribution in [0.4, 0.5) is 0 Å². The first-order valence-corrected chi connectivity index (χ1v) is 9.72. The topological polar surface area (TPSA) is 75.7 Å². The molecule has 0 atom stereocenters. The number of sulfonamides is 1. The molecule has 26 heavy (non-hydrogen) atoms. The highest BCUT2D eigenvalue weighted by atomic mass is 32.2. The molecule has 0 spiro atoms. The van der Waals surface area contributed by atoms with Crippen LogP contribution in [0.15, 0.2) is 47.4 Å². The second-order valence-corrected chi connectivity index (χ2v) is 7.96. The van der Waals surface area contributed by atoms with Crippen molar-refractivity contribution in [3.05, 3.63) is 59.2 Å². The van der Waals surface area contributed by atoms with Gasteiger partial charge in [0.05, 0.1) is 11.4 Å². The highest BCUT2D eigenvalue weighted by Gasteiger charge is 2.19. The maximum Gasteiger partial charge on any atom is 0.254 e. The van der Waals surface area contributed by atoms with Gasteiger partial charge in [0.1, 0.15) is 12.4 Å². The van der Waals surface area contributed by atoms with Crippen molar-refractivity contribution in [3.63, 3.8) is 0 Å². The zero-order valence-corrected chi connectivity index (χ0v) is 16.3. The molecule has 0 saturated carbocycles. The molecule has 0 aliphatic carbocycles. The quantitative estimate of drug-likeness (QED) is 0.805. The first kappa shape index (κ1) is 19.9. The summed E-state index contributed by atoms with van der Waals surface area (Å²) in [5.41, 5.74) is 2.18. The third-order valence-electron chi connectivity index (χ3n) is 4.05. The van der Waals surface area contributed by atoms with Crippen molar-refractivity contribution >= 4 is 15.9 Å². The molecule has 140 valence electrons. The molecule has 0 unspecified atom stereocenters. The number of carbonyl (C=O) groups is 1. The largest absolute Gasteiger partial charge is 0.492 e. The minimum atomic E-state index is -3.60. The Morgan fingerprint density at radius 1 is 1.15 bits per heavy atom. The molecule has 6 nitrogen and oxygen atoms in total. The van der Waals surface area contributed by atoms with E-state index in [0.29, 0.717) is 18.7 Å².